The monoisotopic (exact) mass is 430 g/mol. The van der Waals surface area contributed by atoms with Crippen LogP contribution in [0.2, 0.25) is 0 Å². The normalized spacial score (nSPS) is 10.7. The maximum Gasteiger partial charge on any atom is 0.288 e. The molecule has 1 aromatic heterocycles. The lowest BCUT2D eigenvalue weighted by molar-refractivity contribution is 0.102. The molecule has 0 spiro atoms. The molecule has 156 valence electrons. The molecule has 3 rings (SSSR count). The number of hydrogen-bond acceptors (Lipinski definition) is 5. The first-order valence-corrected chi connectivity index (χ1v) is 10.1. The minimum Gasteiger partial charge on any atom is -0.490 e. The van der Waals surface area contributed by atoms with Crippen molar-refractivity contribution in [3.8, 4) is 11.5 Å². The van der Waals surface area contributed by atoms with Gasteiger partial charge < -0.3 is 14.8 Å². The van der Waals surface area contributed by atoms with Crippen LogP contribution >= 0.6 is 11.8 Å². The standard InChI is InChI=1S/C22H20F2N2O3S/c1-2-28-19-12-16(9-10-18(19)29-14-15-6-5-11-25-13-15)21(27)26-17-7-3-4-8-20(17)30-22(23)24/h3-13,22H,2,14H2,1H3,(H,26,27). The largest absolute Gasteiger partial charge is 0.490 e. The number of carbonyl (C=O) groups is 1. The number of alkyl halides is 2. The van der Waals surface area contributed by atoms with Crippen molar-refractivity contribution in [2.45, 2.75) is 24.2 Å². The van der Waals surface area contributed by atoms with E-state index in [1.165, 1.54) is 6.07 Å². The molecule has 0 aliphatic heterocycles. The highest BCUT2D eigenvalue weighted by Gasteiger charge is 2.15. The van der Waals surface area contributed by atoms with Crippen LogP contribution in [0.25, 0.3) is 0 Å². The molecule has 1 N–H and O–H groups in total. The van der Waals surface area contributed by atoms with Gasteiger partial charge in [0.05, 0.1) is 12.3 Å². The quantitative estimate of drug-likeness (QED) is 0.446. The van der Waals surface area contributed by atoms with Crippen LogP contribution in [0.15, 0.2) is 71.9 Å². The Morgan fingerprint density at radius 1 is 1.10 bits per heavy atom. The van der Waals surface area contributed by atoms with Gasteiger partial charge in [0.15, 0.2) is 11.5 Å². The number of benzene rings is 2. The summed E-state index contributed by atoms with van der Waals surface area (Å²) < 4.78 is 36.9. The molecular weight excluding hydrogens is 410 g/mol. The number of nitrogens with zero attached hydrogens (tertiary/aromatic N) is 1. The predicted octanol–water partition coefficient (Wildman–Crippen LogP) is 5.63. The number of pyridine rings is 1. The SMILES string of the molecule is CCOc1cc(C(=O)Nc2ccccc2SC(F)F)ccc1OCc1cccnc1. The fraction of sp³-hybridized carbons (Fsp3) is 0.182. The van der Waals surface area contributed by atoms with E-state index < -0.39 is 11.7 Å². The molecule has 0 atom stereocenters. The number of aromatic nitrogens is 1. The van der Waals surface area contributed by atoms with E-state index in [4.69, 9.17) is 9.47 Å². The molecule has 0 saturated heterocycles. The topological polar surface area (TPSA) is 60.5 Å². The predicted molar refractivity (Wildman–Crippen MR) is 112 cm³/mol. The van der Waals surface area contributed by atoms with Crippen LogP contribution in [0.3, 0.4) is 0 Å². The first-order chi connectivity index (χ1) is 14.6. The van der Waals surface area contributed by atoms with Gasteiger partial charge in [0.1, 0.15) is 6.61 Å². The average molecular weight is 430 g/mol. The summed E-state index contributed by atoms with van der Waals surface area (Å²) in [5.74, 6) is -2.10. The summed E-state index contributed by atoms with van der Waals surface area (Å²) in [6, 6.07) is 15.0. The molecule has 1 heterocycles. The van der Waals surface area contributed by atoms with Crippen molar-refractivity contribution >= 4 is 23.4 Å². The third-order valence-electron chi connectivity index (χ3n) is 3.97. The van der Waals surface area contributed by atoms with E-state index in [9.17, 15) is 13.6 Å². The van der Waals surface area contributed by atoms with Gasteiger partial charge >= 0.3 is 0 Å². The maximum atomic E-state index is 12.8. The summed E-state index contributed by atoms with van der Waals surface area (Å²) in [7, 11) is 0. The lowest BCUT2D eigenvalue weighted by Gasteiger charge is -2.14. The molecule has 30 heavy (non-hydrogen) atoms. The first kappa shape index (κ1) is 21.6. The molecule has 0 aliphatic rings. The number of nitrogens with one attached hydrogen (secondary N) is 1. The zero-order valence-corrected chi connectivity index (χ0v) is 17.0. The molecule has 0 radical (unpaired) electrons. The average Bonchev–Trinajstić information content (AvgIpc) is 2.75. The molecule has 5 nitrogen and oxygen atoms in total. The van der Waals surface area contributed by atoms with Gasteiger partial charge in [-0.15, -0.1) is 0 Å². The van der Waals surface area contributed by atoms with Crippen molar-refractivity contribution in [1.82, 2.24) is 4.98 Å². The van der Waals surface area contributed by atoms with Crippen LogP contribution < -0.4 is 14.8 Å². The van der Waals surface area contributed by atoms with Crippen molar-refractivity contribution in [3.05, 3.63) is 78.1 Å². The minimum atomic E-state index is -2.58. The zero-order valence-electron chi connectivity index (χ0n) is 16.2. The molecule has 8 heteroatoms. The van der Waals surface area contributed by atoms with Gasteiger partial charge in [-0.25, -0.2) is 0 Å². The van der Waals surface area contributed by atoms with Crippen LogP contribution in [0.5, 0.6) is 11.5 Å². The first-order valence-electron chi connectivity index (χ1n) is 9.20. The van der Waals surface area contributed by atoms with Gasteiger partial charge in [0.25, 0.3) is 11.7 Å². The van der Waals surface area contributed by atoms with E-state index in [0.717, 1.165) is 5.56 Å². The summed E-state index contributed by atoms with van der Waals surface area (Å²) in [4.78, 5) is 17.0. The molecule has 0 saturated carbocycles. The second kappa shape index (κ2) is 10.6. The van der Waals surface area contributed by atoms with E-state index in [0.29, 0.717) is 52.6 Å². The molecule has 0 unspecified atom stereocenters. The Morgan fingerprint density at radius 3 is 2.67 bits per heavy atom. The lowest BCUT2D eigenvalue weighted by atomic mass is 10.1. The van der Waals surface area contributed by atoms with Crippen LogP contribution in [-0.2, 0) is 6.61 Å². The zero-order chi connectivity index (χ0) is 21.3. The summed E-state index contributed by atoms with van der Waals surface area (Å²) in [6.07, 6.45) is 3.39. The van der Waals surface area contributed by atoms with Crippen molar-refractivity contribution in [2.24, 2.45) is 0 Å². The van der Waals surface area contributed by atoms with Gasteiger partial charge in [0.2, 0.25) is 0 Å². The second-order valence-electron chi connectivity index (χ2n) is 6.07. The number of halogens is 2. The Balaban J connectivity index is 1.76. The maximum absolute atomic E-state index is 12.8. The fourth-order valence-electron chi connectivity index (χ4n) is 2.64. The van der Waals surface area contributed by atoms with Crippen molar-refractivity contribution in [3.63, 3.8) is 0 Å². The molecule has 0 aliphatic carbocycles. The Morgan fingerprint density at radius 2 is 1.93 bits per heavy atom. The van der Waals surface area contributed by atoms with Crippen LogP contribution in [0, 0.1) is 0 Å². The molecule has 0 fully saturated rings. The third kappa shape index (κ3) is 5.93. The number of para-hydroxylation sites is 1. The number of ether oxygens (including phenoxy) is 2. The van der Waals surface area contributed by atoms with E-state index >= 15 is 0 Å². The molecular formula is C22H20F2N2O3S. The Bertz CT molecular complexity index is 987. The highest BCUT2D eigenvalue weighted by atomic mass is 32.2. The summed E-state index contributed by atoms with van der Waals surface area (Å²) in [5, 5.41) is 2.68. The van der Waals surface area contributed by atoms with Gasteiger partial charge in [-0.2, -0.15) is 8.78 Å². The number of carbonyl (C=O) groups excluding carboxylic acids is 1. The summed E-state index contributed by atoms with van der Waals surface area (Å²) >= 11 is 0.383. The van der Waals surface area contributed by atoms with Crippen LogP contribution in [0.1, 0.15) is 22.8 Å². The second-order valence-corrected chi connectivity index (χ2v) is 7.11. The van der Waals surface area contributed by atoms with Crippen molar-refractivity contribution < 1.29 is 23.0 Å². The third-order valence-corrected chi connectivity index (χ3v) is 4.76. The lowest BCUT2D eigenvalue weighted by Crippen LogP contribution is -2.13. The Kier molecular flexibility index (Phi) is 7.62. The summed E-state index contributed by atoms with van der Waals surface area (Å²) in [6.45, 7) is 2.52. The Labute approximate surface area is 177 Å². The molecule has 1 amide bonds. The smallest absolute Gasteiger partial charge is 0.288 e. The summed E-state index contributed by atoms with van der Waals surface area (Å²) in [5.41, 5.74) is 1.54. The highest BCUT2D eigenvalue weighted by molar-refractivity contribution is 7.99. The minimum absolute atomic E-state index is 0.294. The fourth-order valence-corrected chi connectivity index (χ4v) is 3.24. The number of rotatable bonds is 9. The van der Waals surface area contributed by atoms with Crippen LogP contribution in [0.4, 0.5) is 14.5 Å². The van der Waals surface area contributed by atoms with Gasteiger partial charge in [-0.05, 0) is 43.3 Å². The molecule has 3 aromatic rings. The number of hydrogen-bond donors (Lipinski definition) is 1. The number of amides is 1. The van der Waals surface area contributed by atoms with E-state index in [1.54, 1.807) is 48.8 Å². The number of thioether (sulfide) groups is 1. The highest BCUT2D eigenvalue weighted by Crippen LogP contribution is 2.33. The van der Waals surface area contributed by atoms with E-state index in [2.05, 4.69) is 10.3 Å². The van der Waals surface area contributed by atoms with Gasteiger partial charge in [-0.1, -0.05) is 30.0 Å². The molecule has 0 bridgehead atoms. The van der Waals surface area contributed by atoms with Crippen LogP contribution in [-0.4, -0.2) is 23.3 Å². The van der Waals surface area contributed by atoms with Gasteiger partial charge in [0, 0.05) is 28.4 Å². The van der Waals surface area contributed by atoms with E-state index in [1.807, 2.05) is 19.1 Å². The number of anilines is 1. The van der Waals surface area contributed by atoms with Crippen molar-refractivity contribution in [1.29, 1.82) is 0 Å². The van der Waals surface area contributed by atoms with Crippen molar-refractivity contribution in [2.75, 3.05) is 11.9 Å². The molecule has 2 aromatic carbocycles. The van der Waals surface area contributed by atoms with Gasteiger partial charge in [-0.3, -0.25) is 9.78 Å². The van der Waals surface area contributed by atoms with E-state index in [-0.39, 0.29) is 0 Å². The Hall–Kier alpha value is -3.13.